The molecule has 1 aromatic carbocycles. The van der Waals surface area contributed by atoms with Crippen LogP contribution in [0.4, 0.5) is 11.6 Å². The molecule has 0 saturated carbocycles. The number of benzene rings is 1. The second-order valence-corrected chi connectivity index (χ2v) is 9.11. The van der Waals surface area contributed by atoms with Crippen molar-refractivity contribution in [1.29, 1.82) is 0 Å². The van der Waals surface area contributed by atoms with Gasteiger partial charge in [-0.2, -0.15) is 5.10 Å². The number of aromatic nitrogens is 4. The van der Waals surface area contributed by atoms with Crippen LogP contribution in [0.2, 0.25) is 10.0 Å². The van der Waals surface area contributed by atoms with Crippen molar-refractivity contribution in [2.75, 3.05) is 45.1 Å². The maximum Gasteiger partial charge on any atom is 0.141 e. The summed E-state index contributed by atoms with van der Waals surface area (Å²) in [5.41, 5.74) is 7.84. The fourth-order valence-electron chi connectivity index (χ4n) is 3.73. The largest absolute Gasteiger partial charge is 0.495 e. The van der Waals surface area contributed by atoms with Gasteiger partial charge in [0.2, 0.25) is 0 Å². The molecule has 0 unspecified atom stereocenters. The molecule has 12 heteroatoms. The molecule has 0 amide bonds. The highest BCUT2D eigenvalue weighted by Crippen LogP contribution is 2.46. The van der Waals surface area contributed by atoms with E-state index < -0.39 is 0 Å². The van der Waals surface area contributed by atoms with Gasteiger partial charge in [0.05, 0.1) is 49.3 Å². The number of fused-ring (bicyclic) bond motifs is 1. The first kappa shape index (κ1) is 30.2. The third-order valence-electron chi connectivity index (χ3n) is 5.59. The zero-order valence-electron chi connectivity index (χ0n) is 22.5. The van der Waals surface area contributed by atoms with Gasteiger partial charge in [-0.25, -0.2) is 9.97 Å². The van der Waals surface area contributed by atoms with Gasteiger partial charge in [-0.15, -0.1) is 0 Å². The Morgan fingerprint density at radius 3 is 2.36 bits per heavy atom. The zero-order valence-corrected chi connectivity index (χ0v) is 24.0. The maximum absolute atomic E-state index is 9.10. The van der Waals surface area contributed by atoms with Crippen molar-refractivity contribution >= 4 is 45.6 Å². The summed E-state index contributed by atoms with van der Waals surface area (Å²) in [6.07, 6.45) is 6.38. The summed E-state index contributed by atoms with van der Waals surface area (Å²) in [5.74, 6) is 1.77. The third kappa shape index (κ3) is 7.63. The number of nitrogens with two attached hydrogens (primary N) is 1. The lowest BCUT2D eigenvalue weighted by Crippen LogP contribution is -2.04. The van der Waals surface area contributed by atoms with Crippen molar-refractivity contribution in [3.05, 3.63) is 52.4 Å². The minimum absolute atomic E-state index is 0.0145. The average Bonchev–Trinajstić information content (AvgIpc) is 3.39. The fourth-order valence-corrected chi connectivity index (χ4v) is 4.43. The second kappa shape index (κ2) is 14.7. The van der Waals surface area contributed by atoms with Crippen molar-refractivity contribution in [1.82, 2.24) is 19.7 Å². The highest BCUT2D eigenvalue weighted by atomic mass is 35.5. The molecule has 0 fully saturated rings. The van der Waals surface area contributed by atoms with Crippen molar-refractivity contribution in [3.63, 3.8) is 0 Å². The van der Waals surface area contributed by atoms with E-state index in [1.165, 1.54) is 14.2 Å². The molecule has 0 radical (unpaired) electrons. The Labute approximate surface area is 238 Å². The molecule has 0 bridgehead atoms. The second-order valence-electron chi connectivity index (χ2n) is 8.36. The first-order valence-electron chi connectivity index (χ1n) is 12.5. The average molecular weight is 578 g/mol. The van der Waals surface area contributed by atoms with Gasteiger partial charge in [0.15, 0.2) is 0 Å². The van der Waals surface area contributed by atoms with E-state index in [4.69, 9.17) is 53.2 Å². The first-order chi connectivity index (χ1) is 18.9. The number of halogens is 2. The number of ether oxygens (including phenoxy) is 3. The van der Waals surface area contributed by atoms with Gasteiger partial charge < -0.3 is 30.4 Å². The number of aliphatic hydroxyl groups is 1. The number of anilines is 2. The van der Waals surface area contributed by atoms with Crippen molar-refractivity contribution in [2.24, 2.45) is 0 Å². The van der Waals surface area contributed by atoms with Crippen LogP contribution in [0, 0.1) is 0 Å². The Morgan fingerprint density at radius 1 is 1.05 bits per heavy atom. The smallest absolute Gasteiger partial charge is 0.141 e. The fraction of sp³-hybridized carbons (Fsp3) is 0.370. The number of methoxy groups -OCH3 is 2. The summed E-state index contributed by atoms with van der Waals surface area (Å²) in [7, 11) is 3.03. The molecule has 0 aliphatic carbocycles. The summed E-state index contributed by atoms with van der Waals surface area (Å²) in [4.78, 5) is 9.01. The van der Waals surface area contributed by atoms with Crippen LogP contribution in [0.5, 0.6) is 11.5 Å². The van der Waals surface area contributed by atoms with Crippen LogP contribution in [0.1, 0.15) is 25.8 Å². The van der Waals surface area contributed by atoms with Crippen LogP contribution in [0.3, 0.4) is 0 Å². The lowest BCUT2D eigenvalue weighted by atomic mass is 10.1. The lowest BCUT2D eigenvalue weighted by molar-refractivity contribution is 0.148. The van der Waals surface area contributed by atoms with Gasteiger partial charge >= 0.3 is 0 Å². The van der Waals surface area contributed by atoms with Crippen LogP contribution >= 0.6 is 23.2 Å². The van der Waals surface area contributed by atoms with Crippen molar-refractivity contribution < 1.29 is 19.3 Å². The molecule has 39 heavy (non-hydrogen) atoms. The van der Waals surface area contributed by atoms with Crippen LogP contribution < -0.4 is 20.5 Å². The number of hydrogen-bond donors (Lipinski definition) is 3. The molecule has 4 N–H and O–H groups in total. The summed E-state index contributed by atoms with van der Waals surface area (Å²) < 4.78 is 17.4. The molecule has 0 aliphatic heterocycles. The number of rotatable bonds is 11. The number of nitrogen functional groups attached to an aromatic ring is 1. The van der Waals surface area contributed by atoms with E-state index in [1.807, 2.05) is 19.2 Å². The predicted molar refractivity (Wildman–Crippen MR) is 156 cm³/mol. The number of hydrogen-bond acceptors (Lipinski definition) is 9. The third-order valence-corrected chi connectivity index (χ3v) is 6.34. The summed E-state index contributed by atoms with van der Waals surface area (Å²) in [6.45, 7) is 6.77. The van der Waals surface area contributed by atoms with Crippen molar-refractivity contribution in [2.45, 2.75) is 33.4 Å². The number of nitrogens with one attached hydrogen (secondary N) is 1. The Bertz CT molecular complexity index is 1350. The first-order valence-corrected chi connectivity index (χ1v) is 13.2. The molecule has 210 valence electrons. The normalized spacial score (nSPS) is 10.7. The molecule has 0 saturated heterocycles. The molecular weight excluding hydrogens is 543 g/mol. The molecule has 0 spiro atoms. The molecule has 0 atom stereocenters. The Kier molecular flexibility index (Phi) is 11.4. The summed E-state index contributed by atoms with van der Waals surface area (Å²) in [6, 6.07) is 5.21. The van der Waals surface area contributed by atoms with Crippen LogP contribution in [0.25, 0.3) is 22.0 Å². The van der Waals surface area contributed by atoms with Gasteiger partial charge in [-0.1, -0.05) is 30.1 Å². The monoisotopic (exact) mass is 576 g/mol. The topological polar surface area (TPSA) is 130 Å². The molecule has 4 aromatic rings. The molecular formula is C27H34Cl2N6O4. The lowest BCUT2D eigenvalue weighted by Gasteiger charge is -2.16. The standard InChI is InChI=1S/C22H22Cl2N6O3.C5H12O/c1-32-16-7-17(33-2)21(24)19(20(16)23)15-5-13-10-26-18(25)6-14(13)22(29-15)27-8-12-9-28-30(11-12)3-4-31;1-3-5-6-4-2/h5-7,9-11,31H,3-4,8H2,1-2H3,(H2,25,26)(H,27,29);3-5H2,1-2H3. The van der Waals surface area contributed by atoms with Crippen LogP contribution in [-0.4, -0.2) is 58.9 Å². The molecule has 0 aliphatic rings. The van der Waals surface area contributed by atoms with Crippen molar-refractivity contribution in [3.8, 4) is 22.8 Å². The quantitative estimate of drug-likeness (QED) is 0.200. The summed E-state index contributed by atoms with van der Waals surface area (Å²) >= 11 is 13.2. The van der Waals surface area contributed by atoms with Gasteiger partial charge in [0, 0.05) is 60.1 Å². The van der Waals surface area contributed by atoms with Gasteiger partial charge in [0.25, 0.3) is 0 Å². The van der Waals surface area contributed by atoms with Gasteiger partial charge in [0.1, 0.15) is 23.1 Å². The number of pyridine rings is 2. The highest BCUT2D eigenvalue weighted by Gasteiger charge is 2.21. The predicted octanol–water partition coefficient (Wildman–Crippen LogP) is 5.44. The zero-order chi connectivity index (χ0) is 28.4. The van der Waals surface area contributed by atoms with Gasteiger partial charge in [-0.05, 0) is 25.5 Å². The number of aliphatic hydroxyl groups excluding tert-OH is 1. The van der Waals surface area contributed by atoms with Crippen LogP contribution in [0.15, 0.2) is 36.8 Å². The maximum atomic E-state index is 9.10. The Hall–Kier alpha value is -3.31. The summed E-state index contributed by atoms with van der Waals surface area (Å²) in [5, 5.41) is 18.9. The van der Waals surface area contributed by atoms with E-state index in [9.17, 15) is 0 Å². The molecule has 3 aromatic heterocycles. The van der Waals surface area contributed by atoms with E-state index in [2.05, 4.69) is 22.3 Å². The van der Waals surface area contributed by atoms with E-state index >= 15 is 0 Å². The van der Waals surface area contributed by atoms with E-state index in [0.717, 1.165) is 36.0 Å². The highest BCUT2D eigenvalue weighted by molar-refractivity contribution is 6.41. The van der Waals surface area contributed by atoms with E-state index in [0.29, 0.717) is 57.5 Å². The molecule has 10 nitrogen and oxygen atoms in total. The van der Waals surface area contributed by atoms with Gasteiger partial charge in [-0.3, -0.25) is 4.68 Å². The van der Waals surface area contributed by atoms with Crippen LogP contribution in [-0.2, 0) is 17.8 Å². The molecule has 4 rings (SSSR count). The Morgan fingerprint density at radius 2 is 1.77 bits per heavy atom. The van der Waals surface area contributed by atoms with E-state index in [-0.39, 0.29) is 6.61 Å². The van der Waals surface area contributed by atoms with E-state index in [1.54, 1.807) is 29.2 Å². The number of nitrogens with zero attached hydrogens (tertiary/aromatic N) is 4. The molecule has 3 heterocycles. The SMILES string of the molecule is CCCOCC.COc1cc(OC)c(Cl)c(-c2cc3cnc(N)cc3c(NCc3cnn(CCO)c3)n2)c1Cl. The Balaban J connectivity index is 0.000000631. The minimum atomic E-state index is 0.0145. The minimum Gasteiger partial charge on any atom is -0.495 e.